The summed E-state index contributed by atoms with van der Waals surface area (Å²) < 4.78 is 16.0. The Balaban J connectivity index is 1.72. The van der Waals surface area contributed by atoms with Gasteiger partial charge in [-0.3, -0.25) is 10.1 Å². The number of carbonyl (C=O) groups is 1. The van der Waals surface area contributed by atoms with Crippen LogP contribution in [0.4, 0.5) is 5.88 Å². The number of benzene rings is 1. The molecule has 2 heterocycles. The van der Waals surface area contributed by atoms with Crippen molar-refractivity contribution in [1.29, 1.82) is 5.26 Å². The van der Waals surface area contributed by atoms with Crippen LogP contribution in [0.15, 0.2) is 37.9 Å². The molecule has 0 unspecified atom stereocenters. The van der Waals surface area contributed by atoms with Gasteiger partial charge >= 0.3 is 5.63 Å². The van der Waals surface area contributed by atoms with Crippen LogP contribution in [-0.4, -0.2) is 12.5 Å². The molecule has 0 fully saturated rings. The third kappa shape index (κ3) is 3.30. The summed E-state index contributed by atoms with van der Waals surface area (Å²) in [5, 5.41) is 12.5. The number of nitrogens with one attached hydrogen (secondary N) is 1. The van der Waals surface area contributed by atoms with Gasteiger partial charge in [-0.2, -0.15) is 5.26 Å². The van der Waals surface area contributed by atoms with E-state index in [2.05, 4.69) is 5.32 Å². The molecule has 0 spiro atoms. The minimum absolute atomic E-state index is 0.108. The van der Waals surface area contributed by atoms with Crippen molar-refractivity contribution >= 4 is 22.8 Å². The number of furan rings is 1. The van der Waals surface area contributed by atoms with Gasteiger partial charge in [-0.1, -0.05) is 0 Å². The summed E-state index contributed by atoms with van der Waals surface area (Å²) in [7, 11) is 0. The molecule has 1 aromatic carbocycles. The van der Waals surface area contributed by atoms with Crippen LogP contribution < -0.4 is 15.7 Å². The monoisotopic (exact) mass is 352 g/mol. The third-order valence-corrected chi connectivity index (χ3v) is 4.04. The maximum atomic E-state index is 12.1. The van der Waals surface area contributed by atoms with E-state index in [1.807, 2.05) is 13.0 Å². The van der Waals surface area contributed by atoms with Gasteiger partial charge in [0.15, 0.2) is 6.61 Å². The SMILES string of the molecule is Cc1oc(NC(=O)COc2ccc3c(C)cc(=O)oc3c2)c(C#N)c1C. The van der Waals surface area contributed by atoms with Crippen molar-refractivity contribution in [2.75, 3.05) is 11.9 Å². The van der Waals surface area contributed by atoms with E-state index in [-0.39, 0.29) is 12.5 Å². The maximum Gasteiger partial charge on any atom is 0.336 e. The van der Waals surface area contributed by atoms with Crippen LogP contribution in [0, 0.1) is 32.1 Å². The van der Waals surface area contributed by atoms with Gasteiger partial charge in [-0.25, -0.2) is 4.79 Å². The van der Waals surface area contributed by atoms with Gasteiger partial charge in [0.05, 0.1) is 0 Å². The van der Waals surface area contributed by atoms with Gasteiger partial charge in [0, 0.05) is 23.1 Å². The zero-order valence-corrected chi connectivity index (χ0v) is 14.5. The summed E-state index contributed by atoms with van der Waals surface area (Å²) in [6.07, 6.45) is 0. The number of aryl methyl sites for hydroxylation is 2. The molecule has 3 rings (SSSR count). The van der Waals surface area contributed by atoms with Crippen LogP contribution in [0.5, 0.6) is 5.75 Å². The summed E-state index contributed by atoms with van der Waals surface area (Å²) in [5.41, 5.74) is 1.71. The molecule has 1 amide bonds. The predicted octanol–water partition coefficient (Wildman–Crippen LogP) is 3.20. The molecule has 0 aliphatic heterocycles. The molecule has 3 aromatic rings. The predicted molar refractivity (Wildman–Crippen MR) is 94.2 cm³/mol. The van der Waals surface area contributed by atoms with E-state index in [0.717, 1.165) is 10.9 Å². The molecular weight excluding hydrogens is 336 g/mol. The third-order valence-electron chi connectivity index (χ3n) is 4.04. The topological polar surface area (TPSA) is 105 Å². The first kappa shape index (κ1) is 17.3. The van der Waals surface area contributed by atoms with Gasteiger partial charge in [-0.15, -0.1) is 0 Å². The van der Waals surface area contributed by atoms with Crippen molar-refractivity contribution in [3.05, 3.63) is 57.1 Å². The summed E-state index contributed by atoms with van der Waals surface area (Å²) in [6, 6.07) is 8.41. The molecule has 26 heavy (non-hydrogen) atoms. The van der Waals surface area contributed by atoms with Crippen molar-refractivity contribution in [1.82, 2.24) is 0 Å². The maximum absolute atomic E-state index is 12.1. The molecule has 0 radical (unpaired) electrons. The van der Waals surface area contributed by atoms with Crippen LogP contribution in [0.2, 0.25) is 0 Å². The lowest BCUT2D eigenvalue weighted by atomic mass is 10.1. The zero-order valence-electron chi connectivity index (χ0n) is 14.5. The lowest BCUT2D eigenvalue weighted by Crippen LogP contribution is -2.20. The highest BCUT2D eigenvalue weighted by Crippen LogP contribution is 2.25. The quantitative estimate of drug-likeness (QED) is 0.723. The molecule has 7 heteroatoms. The van der Waals surface area contributed by atoms with Crippen molar-refractivity contribution in [2.45, 2.75) is 20.8 Å². The minimum atomic E-state index is -0.471. The van der Waals surface area contributed by atoms with E-state index < -0.39 is 11.5 Å². The Hall–Kier alpha value is -3.53. The second kappa shape index (κ2) is 6.76. The smallest absolute Gasteiger partial charge is 0.336 e. The van der Waals surface area contributed by atoms with Crippen molar-refractivity contribution in [3.63, 3.8) is 0 Å². The van der Waals surface area contributed by atoms with E-state index in [9.17, 15) is 9.59 Å². The molecule has 0 aliphatic rings. The van der Waals surface area contributed by atoms with E-state index in [4.69, 9.17) is 18.8 Å². The molecule has 0 bridgehead atoms. The number of rotatable bonds is 4. The second-order valence-corrected chi connectivity index (χ2v) is 5.84. The summed E-state index contributed by atoms with van der Waals surface area (Å²) in [4.78, 5) is 23.5. The summed E-state index contributed by atoms with van der Waals surface area (Å²) in [5.74, 6) is 0.587. The molecule has 0 saturated heterocycles. The number of nitrogens with zero attached hydrogens (tertiary/aromatic N) is 1. The summed E-state index contributed by atoms with van der Waals surface area (Å²) in [6.45, 7) is 4.99. The zero-order chi connectivity index (χ0) is 18.8. The second-order valence-electron chi connectivity index (χ2n) is 5.84. The summed E-state index contributed by atoms with van der Waals surface area (Å²) >= 11 is 0. The van der Waals surface area contributed by atoms with Crippen molar-refractivity contribution in [2.24, 2.45) is 0 Å². The van der Waals surface area contributed by atoms with E-state index in [1.54, 1.807) is 32.0 Å². The Morgan fingerprint density at radius 1 is 1.23 bits per heavy atom. The number of nitriles is 1. The fourth-order valence-electron chi connectivity index (χ4n) is 2.56. The highest BCUT2D eigenvalue weighted by Gasteiger charge is 2.17. The molecule has 0 saturated carbocycles. The molecule has 1 N–H and O–H groups in total. The van der Waals surface area contributed by atoms with Crippen molar-refractivity contribution in [3.8, 4) is 11.8 Å². The number of ether oxygens (including phenoxy) is 1. The number of amides is 1. The largest absolute Gasteiger partial charge is 0.484 e. The number of carbonyl (C=O) groups excluding carboxylic acids is 1. The normalized spacial score (nSPS) is 10.5. The van der Waals surface area contributed by atoms with E-state index >= 15 is 0 Å². The average Bonchev–Trinajstić information content (AvgIpc) is 2.85. The Bertz CT molecular complexity index is 1100. The Morgan fingerprint density at radius 2 is 2.00 bits per heavy atom. The van der Waals surface area contributed by atoms with Crippen LogP contribution in [0.25, 0.3) is 11.0 Å². The lowest BCUT2D eigenvalue weighted by molar-refractivity contribution is -0.118. The lowest BCUT2D eigenvalue weighted by Gasteiger charge is -2.07. The van der Waals surface area contributed by atoms with Crippen LogP contribution in [0.3, 0.4) is 0 Å². The number of anilines is 1. The molecular formula is C19H16N2O5. The number of fused-ring (bicyclic) bond motifs is 1. The van der Waals surface area contributed by atoms with Crippen LogP contribution in [0.1, 0.15) is 22.5 Å². The fraction of sp³-hybridized carbons (Fsp3) is 0.211. The fourth-order valence-corrected chi connectivity index (χ4v) is 2.56. The van der Waals surface area contributed by atoms with E-state index in [1.165, 1.54) is 6.07 Å². The highest BCUT2D eigenvalue weighted by atomic mass is 16.5. The Kier molecular flexibility index (Phi) is 4.50. The molecule has 0 aliphatic carbocycles. The van der Waals surface area contributed by atoms with Crippen LogP contribution in [-0.2, 0) is 4.79 Å². The molecule has 0 atom stereocenters. The van der Waals surface area contributed by atoms with Gasteiger partial charge in [-0.05, 0) is 38.5 Å². The van der Waals surface area contributed by atoms with Crippen LogP contribution >= 0.6 is 0 Å². The number of hydrogen-bond donors (Lipinski definition) is 1. The first-order valence-corrected chi connectivity index (χ1v) is 7.86. The van der Waals surface area contributed by atoms with E-state index in [0.29, 0.717) is 28.2 Å². The number of hydrogen-bond acceptors (Lipinski definition) is 6. The van der Waals surface area contributed by atoms with Gasteiger partial charge in [0.25, 0.3) is 5.91 Å². The van der Waals surface area contributed by atoms with Gasteiger partial charge < -0.3 is 13.6 Å². The highest BCUT2D eigenvalue weighted by molar-refractivity contribution is 5.92. The Morgan fingerprint density at radius 3 is 2.73 bits per heavy atom. The average molecular weight is 352 g/mol. The van der Waals surface area contributed by atoms with Gasteiger partial charge in [0.1, 0.15) is 28.7 Å². The minimum Gasteiger partial charge on any atom is -0.484 e. The first-order valence-electron chi connectivity index (χ1n) is 7.86. The first-order chi connectivity index (χ1) is 12.4. The van der Waals surface area contributed by atoms with Gasteiger partial charge in [0.2, 0.25) is 5.88 Å². The molecule has 2 aromatic heterocycles. The Labute approximate surface area is 148 Å². The molecule has 132 valence electrons. The standard InChI is InChI=1S/C19H16N2O5/c1-10-6-18(23)26-16-7-13(4-5-14(10)16)24-9-17(22)21-19-15(8-20)11(2)12(3)25-19/h4-7H,9H2,1-3H3,(H,21,22). The molecule has 7 nitrogen and oxygen atoms in total. The van der Waals surface area contributed by atoms with Crippen molar-refractivity contribution < 1.29 is 18.4 Å².